The minimum absolute atomic E-state index is 0.169. The van der Waals surface area contributed by atoms with Crippen molar-refractivity contribution in [1.29, 1.82) is 0 Å². The molecule has 1 saturated heterocycles. The normalized spacial score (nSPS) is 14.4. The molecular weight excluding hydrogens is 342 g/mol. The van der Waals surface area contributed by atoms with Crippen LogP contribution < -0.4 is 0 Å². The summed E-state index contributed by atoms with van der Waals surface area (Å²) in [5, 5.41) is 4.49. The van der Waals surface area contributed by atoms with E-state index in [1.54, 1.807) is 11.8 Å². The van der Waals surface area contributed by atoms with Gasteiger partial charge in [-0.05, 0) is 38.3 Å². The largest absolute Gasteiger partial charge is 0.452 e. The van der Waals surface area contributed by atoms with Crippen molar-refractivity contribution in [2.24, 2.45) is 0 Å². The molecule has 1 aromatic heterocycles. The van der Waals surface area contributed by atoms with E-state index in [0.29, 0.717) is 5.69 Å². The second-order valence-corrected chi connectivity index (χ2v) is 6.37. The highest BCUT2D eigenvalue weighted by Gasteiger charge is 2.24. The van der Waals surface area contributed by atoms with Crippen LogP contribution in [0.5, 0.6) is 0 Å². The molecule has 7 heteroatoms. The maximum Gasteiger partial charge on any atom is 0.343 e. The maximum absolute atomic E-state index is 12.4. The van der Waals surface area contributed by atoms with Crippen LogP contribution in [0.4, 0.5) is 0 Å². The number of hydrogen-bond acceptors (Lipinski definition) is 4. The Bertz CT molecular complexity index is 767. The second-order valence-electron chi connectivity index (χ2n) is 6.02. The number of amides is 1. The predicted molar refractivity (Wildman–Crippen MR) is 94.0 cm³/mol. The average Bonchev–Trinajstić information content (AvgIpc) is 2.95. The molecule has 1 aromatic carbocycles. The molecule has 0 spiro atoms. The van der Waals surface area contributed by atoms with Crippen molar-refractivity contribution in [3.63, 3.8) is 0 Å². The molecule has 1 aliphatic heterocycles. The molecule has 6 nitrogen and oxygen atoms in total. The van der Waals surface area contributed by atoms with Crippen molar-refractivity contribution in [2.75, 3.05) is 19.7 Å². The molecule has 1 fully saturated rings. The summed E-state index contributed by atoms with van der Waals surface area (Å²) in [6.45, 7) is 2.86. The molecule has 0 aliphatic carbocycles. The van der Waals surface area contributed by atoms with E-state index >= 15 is 0 Å². The zero-order valence-electron chi connectivity index (χ0n) is 14.1. The highest BCUT2D eigenvalue weighted by molar-refractivity contribution is 6.33. The Morgan fingerprint density at radius 2 is 1.84 bits per heavy atom. The lowest BCUT2D eigenvalue weighted by Gasteiger charge is -2.26. The molecule has 0 bridgehead atoms. The summed E-state index contributed by atoms with van der Waals surface area (Å²) in [5.74, 6) is -0.799. The monoisotopic (exact) mass is 361 g/mol. The SMILES string of the molecule is Cc1nn(-c2ccccc2)c(Cl)c1C(=O)OCC(=O)N1CCCCC1. The number of aromatic nitrogens is 2. The van der Waals surface area contributed by atoms with Crippen LogP contribution in [0.2, 0.25) is 5.15 Å². The van der Waals surface area contributed by atoms with Gasteiger partial charge in [-0.2, -0.15) is 5.10 Å². The van der Waals surface area contributed by atoms with E-state index in [4.69, 9.17) is 16.3 Å². The molecule has 1 aliphatic rings. The van der Waals surface area contributed by atoms with Crippen molar-refractivity contribution >= 4 is 23.5 Å². The molecule has 1 amide bonds. The van der Waals surface area contributed by atoms with Gasteiger partial charge in [-0.3, -0.25) is 4.79 Å². The van der Waals surface area contributed by atoms with E-state index in [1.807, 2.05) is 30.3 Å². The van der Waals surface area contributed by atoms with Crippen molar-refractivity contribution in [3.05, 3.63) is 46.7 Å². The summed E-state index contributed by atoms with van der Waals surface area (Å²) in [5.41, 5.74) is 1.40. The molecule has 3 rings (SSSR count). The number of para-hydroxylation sites is 1. The molecule has 0 N–H and O–H groups in total. The smallest absolute Gasteiger partial charge is 0.343 e. The van der Waals surface area contributed by atoms with E-state index < -0.39 is 5.97 Å². The number of likely N-dealkylation sites (tertiary alicyclic amines) is 1. The first-order chi connectivity index (χ1) is 12.1. The van der Waals surface area contributed by atoms with E-state index in [-0.39, 0.29) is 23.2 Å². The first-order valence-corrected chi connectivity index (χ1v) is 8.71. The van der Waals surface area contributed by atoms with Gasteiger partial charge in [-0.1, -0.05) is 29.8 Å². The summed E-state index contributed by atoms with van der Waals surface area (Å²) in [7, 11) is 0. The lowest BCUT2D eigenvalue weighted by Crippen LogP contribution is -2.38. The lowest BCUT2D eigenvalue weighted by molar-refractivity contribution is -0.135. The number of rotatable bonds is 4. The van der Waals surface area contributed by atoms with E-state index in [0.717, 1.165) is 38.0 Å². The summed E-state index contributed by atoms with van der Waals surface area (Å²) >= 11 is 6.33. The zero-order valence-corrected chi connectivity index (χ0v) is 14.8. The number of nitrogens with zero attached hydrogens (tertiary/aromatic N) is 3. The quantitative estimate of drug-likeness (QED) is 0.785. The predicted octanol–water partition coefficient (Wildman–Crippen LogP) is 3.00. The lowest BCUT2D eigenvalue weighted by atomic mass is 10.1. The number of hydrogen-bond donors (Lipinski definition) is 0. The summed E-state index contributed by atoms with van der Waals surface area (Å²) in [6.07, 6.45) is 3.12. The second kappa shape index (κ2) is 7.70. The number of carbonyl (C=O) groups is 2. The van der Waals surface area contributed by atoms with Crippen LogP contribution in [0.25, 0.3) is 5.69 Å². The fourth-order valence-corrected chi connectivity index (χ4v) is 3.25. The topological polar surface area (TPSA) is 64.4 Å². The van der Waals surface area contributed by atoms with Gasteiger partial charge in [-0.15, -0.1) is 0 Å². The summed E-state index contributed by atoms with van der Waals surface area (Å²) in [4.78, 5) is 26.2. The fourth-order valence-electron chi connectivity index (χ4n) is 2.91. The number of aryl methyl sites for hydroxylation is 1. The molecule has 25 heavy (non-hydrogen) atoms. The first-order valence-electron chi connectivity index (χ1n) is 8.33. The van der Waals surface area contributed by atoms with Crippen LogP contribution in [0.1, 0.15) is 35.3 Å². The van der Waals surface area contributed by atoms with Gasteiger partial charge in [0.25, 0.3) is 5.91 Å². The van der Waals surface area contributed by atoms with Gasteiger partial charge in [0.05, 0.1) is 11.4 Å². The Balaban J connectivity index is 1.70. The Morgan fingerprint density at radius 3 is 2.52 bits per heavy atom. The third-order valence-corrected chi connectivity index (χ3v) is 4.59. The highest BCUT2D eigenvalue weighted by atomic mass is 35.5. The number of benzene rings is 1. The van der Waals surface area contributed by atoms with Gasteiger partial charge >= 0.3 is 5.97 Å². The van der Waals surface area contributed by atoms with Gasteiger partial charge in [0.2, 0.25) is 0 Å². The Hall–Kier alpha value is -2.34. The third kappa shape index (κ3) is 3.85. The molecular formula is C18H20ClN3O3. The Labute approximate surface area is 151 Å². The van der Waals surface area contributed by atoms with E-state index in [2.05, 4.69) is 5.10 Å². The van der Waals surface area contributed by atoms with Crippen molar-refractivity contribution < 1.29 is 14.3 Å². The molecule has 0 atom stereocenters. The van der Waals surface area contributed by atoms with Crippen molar-refractivity contribution in [2.45, 2.75) is 26.2 Å². The molecule has 0 radical (unpaired) electrons. The fraction of sp³-hybridized carbons (Fsp3) is 0.389. The van der Waals surface area contributed by atoms with Crippen LogP contribution in [0, 0.1) is 6.92 Å². The van der Waals surface area contributed by atoms with Crippen LogP contribution in [-0.2, 0) is 9.53 Å². The van der Waals surface area contributed by atoms with Crippen molar-refractivity contribution in [1.82, 2.24) is 14.7 Å². The number of piperidine rings is 1. The zero-order chi connectivity index (χ0) is 17.8. The molecule has 0 unspecified atom stereocenters. The van der Waals surface area contributed by atoms with Gasteiger partial charge in [0.15, 0.2) is 6.61 Å². The van der Waals surface area contributed by atoms with Gasteiger partial charge < -0.3 is 9.64 Å². The average molecular weight is 362 g/mol. The molecule has 0 saturated carbocycles. The number of halogens is 1. The van der Waals surface area contributed by atoms with Crippen molar-refractivity contribution in [3.8, 4) is 5.69 Å². The Kier molecular flexibility index (Phi) is 5.38. The Morgan fingerprint density at radius 1 is 1.16 bits per heavy atom. The van der Waals surface area contributed by atoms with Gasteiger partial charge in [0.1, 0.15) is 10.7 Å². The van der Waals surface area contributed by atoms with E-state index in [1.165, 1.54) is 4.68 Å². The molecule has 2 heterocycles. The number of esters is 1. The standard InChI is InChI=1S/C18H20ClN3O3/c1-13-16(17(19)22(20-13)14-8-4-2-5-9-14)18(24)25-12-15(23)21-10-6-3-7-11-21/h2,4-5,8-9H,3,6-7,10-12H2,1H3. The van der Waals surface area contributed by atoms with Crippen LogP contribution in [0.15, 0.2) is 30.3 Å². The van der Waals surface area contributed by atoms with Crippen LogP contribution >= 0.6 is 11.6 Å². The van der Waals surface area contributed by atoms with Gasteiger partial charge in [-0.25, -0.2) is 9.48 Å². The number of carbonyl (C=O) groups excluding carboxylic acids is 2. The highest BCUT2D eigenvalue weighted by Crippen LogP contribution is 2.24. The summed E-state index contributed by atoms with van der Waals surface area (Å²) < 4.78 is 6.67. The minimum atomic E-state index is -0.630. The maximum atomic E-state index is 12.4. The van der Waals surface area contributed by atoms with Gasteiger partial charge in [0, 0.05) is 13.1 Å². The number of ether oxygens (including phenoxy) is 1. The van der Waals surface area contributed by atoms with E-state index in [9.17, 15) is 9.59 Å². The van der Waals surface area contributed by atoms with Crippen LogP contribution in [-0.4, -0.2) is 46.3 Å². The first kappa shape index (κ1) is 17.5. The third-order valence-electron chi connectivity index (χ3n) is 4.24. The molecule has 132 valence electrons. The minimum Gasteiger partial charge on any atom is -0.452 e. The summed E-state index contributed by atoms with van der Waals surface area (Å²) in [6, 6.07) is 9.28. The van der Waals surface area contributed by atoms with Crippen LogP contribution in [0.3, 0.4) is 0 Å². The molecule has 2 aromatic rings.